The fourth-order valence-corrected chi connectivity index (χ4v) is 3.31. The summed E-state index contributed by atoms with van der Waals surface area (Å²) in [6.07, 6.45) is 5.63. The molecule has 0 saturated carbocycles. The van der Waals surface area contributed by atoms with Gasteiger partial charge in [0.1, 0.15) is 0 Å². The summed E-state index contributed by atoms with van der Waals surface area (Å²) in [5.41, 5.74) is 8.99. The summed E-state index contributed by atoms with van der Waals surface area (Å²) in [5.74, 6) is 0. The summed E-state index contributed by atoms with van der Waals surface area (Å²) in [4.78, 5) is 0. The third kappa shape index (κ3) is 1.90. The van der Waals surface area contributed by atoms with Crippen molar-refractivity contribution in [1.82, 2.24) is 0 Å². The molecule has 2 atom stereocenters. The van der Waals surface area contributed by atoms with E-state index in [4.69, 9.17) is 10.2 Å². The smallest absolute Gasteiger partial charge is 0.0960 e. The van der Waals surface area contributed by atoms with Crippen molar-refractivity contribution in [2.75, 3.05) is 6.54 Å². The third-order valence-corrected chi connectivity index (χ3v) is 4.37. The SMILES string of the molecule is NCC1(C(O)c2ccoc2)CCCc2ccccc21. The first-order valence-electron chi connectivity index (χ1n) is 6.76. The predicted molar refractivity (Wildman–Crippen MR) is 73.8 cm³/mol. The average Bonchev–Trinajstić information content (AvgIpc) is 3.00. The highest BCUT2D eigenvalue weighted by Crippen LogP contribution is 2.45. The van der Waals surface area contributed by atoms with Crippen molar-refractivity contribution in [3.05, 3.63) is 59.5 Å². The van der Waals surface area contributed by atoms with Crippen molar-refractivity contribution in [3.8, 4) is 0 Å². The molecular formula is C16H19NO2. The lowest BCUT2D eigenvalue weighted by atomic mass is 9.65. The minimum absolute atomic E-state index is 0.390. The largest absolute Gasteiger partial charge is 0.472 e. The molecule has 1 aromatic carbocycles. The lowest BCUT2D eigenvalue weighted by Crippen LogP contribution is -2.43. The van der Waals surface area contributed by atoms with E-state index in [1.165, 1.54) is 11.1 Å². The molecule has 1 aliphatic rings. The van der Waals surface area contributed by atoms with Gasteiger partial charge in [-0.25, -0.2) is 0 Å². The highest BCUT2D eigenvalue weighted by atomic mass is 16.3. The molecule has 0 aliphatic heterocycles. The number of aliphatic hydroxyl groups is 1. The van der Waals surface area contributed by atoms with Crippen molar-refractivity contribution < 1.29 is 9.52 Å². The van der Waals surface area contributed by atoms with Crippen LogP contribution in [0.2, 0.25) is 0 Å². The summed E-state index contributed by atoms with van der Waals surface area (Å²) in [6, 6.07) is 10.1. The Morgan fingerprint density at radius 1 is 1.32 bits per heavy atom. The Bertz CT molecular complexity index is 550. The number of benzene rings is 1. The fraction of sp³-hybridized carbons (Fsp3) is 0.375. The van der Waals surface area contributed by atoms with Gasteiger partial charge < -0.3 is 15.3 Å². The molecule has 3 rings (SSSR count). The number of aryl methyl sites for hydroxylation is 1. The van der Waals surface area contributed by atoms with Crippen LogP contribution in [-0.2, 0) is 11.8 Å². The van der Waals surface area contributed by atoms with Crippen LogP contribution >= 0.6 is 0 Å². The standard InChI is InChI=1S/C16H19NO2/c17-11-16(15(18)13-7-9-19-10-13)8-3-5-12-4-1-2-6-14(12)16/h1-2,4,6-7,9-10,15,18H,3,5,8,11,17H2. The average molecular weight is 257 g/mol. The number of aliphatic hydroxyl groups excluding tert-OH is 1. The number of nitrogens with two attached hydrogens (primary N) is 1. The molecule has 2 unspecified atom stereocenters. The zero-order valence-electron chi connectivity index (χ0n) is 10.9. The summed E-state index contributed by atoms with van der Waals surface area (Å²) in [6.45, 7) is 0.441. The molecule has 1 aliphatic carbocycles. The number of rotatable bonds is 3. The lowest BCUT2D eigenvalue weighted by molar-refractivity contribution is 0.0713. The van der Waals surface area contributed by atoms with Crippen molar-refractivity contribution in [3.63, 3.8) is 0 Å². The van der Waals surface area contributed by atoms with Gasteiger partial charge in [0.05, 0.1) is 18.6 Å². The van der Waals surface area contributed by atoms with Gasteiger partial charge in [0, 0.05) is 17.5 Å². The second kappa shape index (κ2) is 4.83. The Morgan fingerprint density at radius 3 is 2.89 bits per heavy atom. The zero-order valence-corrected chi connectivity index (χ0v) is 10.9. The Morgan fingerprint density at radius 2 is 2.16 bits per heavy atom. The van der Waals surface area contributed by atoms with Crippen LogP contribution in [0.15, 0.2) is 47.3 Å². The van der Waals surface area contributed by atoms with Crippen LogP contribution in [-0.4, -0.2) is 11.7 Å². The molecule has 0 amide bonds. The van der Waals surface area contributed by atoms with Gasteiger partial charge in [-0.05, 0) is 36.5 Å². The van der Waals surface area contributed by atoms with Crippen molar-refractivity contribution in [2.24, 2.45) is 5.73 Å². The van der Waals surface area contributed by atoms with E-state index < -0.39 is 11.5 Å². The van der Waals surface area contributed by atoms with Crippen LogP contribution < -0.4 is 5.73 Å². The summed E-state index contributed by atoms with van der Waals surface area (Å²) in [7, 11) is 0. The first-order chi connectivity index (χ1) is 9.28. The summed E-state index contributed by atoms with van der Waals surface area (Å²) < 4.78 is 5.10. The van der Waals surface area contributed by atoms with E-state index in [0.29, 0.717) is 6.54 Å². The maximum Gasteiger partial charge on any atom is 0.0960 e. The first-order valence-corrected chi connectivity index (χ1v) is 6.76. The number of fused-ring (bicyclic) bond motifs is 1. The van der Waals surface area contributed by atoms with Gasteiger partial charge in [-0.15, -0.1) is 0 Å². The van der Waals surface area contributed by atoms with E-state index in [-0.39, 0.29) is 0 Å². The molecule has 1 aromatic heterocycles. The molecule has 3 nitrogen and oxygen atoms in total. The quantitative estimate of drug-likeness (QED) is 0.888. The molecule has 0 bridgehead atoms. The Labute approximate surface area is 113 Å². The van der Waals surface area contributed by atoms with E-state index in [1.54, 1.807) is 12.5 Å². The minimum Gasteiger partial charge on any atom is -0.472 e. The van der Waals surface area contributed by atoms with Gasteiger partial charge in [0.15, 0.2) is 0 Å². The molecule has 0 saturated heterocycles. The predicted octanol–water partition coefficient (Wildman–Crippen LogP) is 2.55. The number of furan rings is 1. The normalized spacial score (nSPS) is 23.9. The molecular weight excluding hydrogens is 238 g/mol. The van der Waals surface area contributed by atoms with Gasteiger partial charge in [0.25, 0.3) is 0 Å². The van der Waals surface area contributed by atoms with Gasteiger partial charge in [-0.1, -0.05) is 24.3 Å². The maximum absolute atomic E-state index is 10.8. The monoisotopic (exact) mass is 257 g/mol. The Kier molecular flexibility index (Phi) is 3.17. The molecule has 100 valence electrons. The topological polar surface area (TPSA) is 59.4 Å². The summed E-state index contributed by atoms with van der Waals surface area (Å²) in [5, 5.41) is 10.8. The Balaban J connectivity index is 2.10. The molecule has 3 N–H and O–H groups in total. The molecule has 0 spiro atoms. The zero-order chi connectivity index (χ0) is 13.3. The van der Waals surface area contributed by atoms with E-state index in [0.717, 1.165) is 24.8 Å². The van der Waals surface area contributed by atoms with Crippen molar-refractivity contribution >= 4 is 0 Å². The van der Waals surface area contributed by atoms with E-state index in [1.807, 2.05) is 12.1 Å². The first kappa shape index (κ1) is 12.5. The van der Waals surface area contributed by atoms with E-state index >= 15 is 0 Å². The van der Waals surface area contributed by atoms with Gasteiger partial charge >= 0.3 is 0 Å². The van der Waals surface area contributed by atoms with Crippen LogP contribution in [0.25, 0.3) is 0 Å². The van der Waals surface area contributed by atoms with E-state index in [9.17, 15) is 5.11 Å². The van der Waals surface area contributed by atoms with Crippen molar-refractivity contribution in [1.29, 1.82) is 0 Å². The second-order valence-electron chi connectivity index (χ2n) is 5.33. The van der Waals surface area contributed by atoms with Crippen LogP contribution in [0, 0.1) is 0 Å². The van der Waals surface area contributed by atoms with Gasteiger partial charge in [0.2, 0.25) is 0 Å². The van der Waals surface area contributed by atoms with Gasteiger partial charge in [-0.3, -0.25) is 0 Å². The van der Waals surface area contributed by atoms with E-state index in [2.05, 4.69) is 18.2 Å². The molecule has 0 fully saturated rings. The fourth-order valence-electron chi connectivity index (χ4n) is 3.31. The molecule has 2 aromatic rings. The minimum atomic E-state index is -0.613. The number of hydrogen-bond acceptors (Lipinski definition) is 3. The molecule has 1 heterocycles. The second-order valence-corrected chi connectivity index (χ2v) is 5.33. The number of hydrogen-bond donors (Lipinski definition) is 2. The van der Waals surface area contributed by atoms with Crippen LogP contribution in [0.4, 0.5) is 0 Å². The van der Waals surface area contributed by atoms with Gasteiger partial charge in [-0.2, -0.15) is 0 Å². The molecule has 19 heavy (non-hydrogen) atoms. The summed E-state index contributed by atoms with van der Waals surface area (Å²) >= 11 is 0. The lowest BCUT2D eigenvalue weighted by Gasteiger charge is -2.41. The maximum atomic E-state index is 10.8. The van der Waals surface area contributed by atoms with Crippen LogP contribution in [0.5, 0.6) is 0 Å². The van der Waals surface area contributed by atoms with Crippen LogP contribution in [0.1, 0.15) is 35.6 Å². The molecule has 0 radical (unpaired) electrons. The highest BCUT2D eigenvalue weighted by Gasteiger charge is 2.42. The molecule has 3 heteroatoms. The highest BCUT2D eigenvalue weighted by molar-refractivity contribution is 5.40. The van der Waals surface area contributed by atoms with Crippen molar-refractivity contribution in [2.45, 2.75) is 30.8 Å². The Hall–Kier alpha value is -1.58. The third-order valence-electron chi connectivity index (χ3n) is 4.37. The van der Waals surface area contributed by atoms with Crippen LogP contribution in [0.3, 0.4) is 0 Å².